The van der Waals surface area contributed by atoms with Crippen molar-refractivity contribution in [2.75, 3.05) is 6.54 Å². The topological polar surface area (TPSA) is 131 Å². The van der Waals surface area contributed by atoms with Gasteiger partial charge in [-0.2, -0.15) is 15.0 Å². The molecule has 1 saturated heterocycles. The molecule has 2 aromatic heterocycles. The van der Waals surface area contributed by atoms with Gasteiger partial charge in [0.15, 0.2) is 0 Å². The van der Waals surface area contributed by atoms with Crippen LogP contribution in [0.1, 0.15) is 63.4 Å². The average Bonchev–Trinajstić information content (AvgIpc) is 3.22. The molecule has 36 heavy (non-hydrogen) atoms. The molecule has 11 nitrogen and oxygen atoms in total. The Hall–Kier alpha value is -3.60. The second-order valence-electron chi connectivity index (χ2n) is 10.7. The van der Waals surface area contributed by atoms with Crippen molar-refractivity contribution in [3.63, 3.8) is 0 Å². The van der Waals surface area contributed by atoms with Crippen LogP contribution in [0.3, 0.4) is 0 Å². The third-order valence-corrected chi connectivity index (χ3v) is 6.68. The monoisotopic (exact) mass is 492 g/mol. The number of nitrogens with zero attached hydrogens (tertiary/aromatic N) is 7. The summed E-state index contributed by atoms with van der Waals surface area (Å²) in [6.45, 7) is 6.15. The maximum absolute atomic E-state index is 13.8. The van der Waals surface area contributed by atoms with Crippen LogP contribution >= 0.6 is 0 Å². The van der Waals surface area contributed by atoms with E-state index in [-0.39, 0.29) is 31.3 Å². The van der Waals surface area contributed by atoms with Crippen LogP contribution in [0.15, 0.2) is 42.7 Å². The Morgan fingerprint density at radius 1 is 1.19 bits per heavy atom. The van der Waals surface area contributed by atoms with E-state index < -0.39 is 23.6 Å². The van der Waals surface area contributed by atoms with Crippen LogP contribution in [-0.2, 0) is 16.1 Å². The van der Waals surface area contributed by atoms with E-state index in [0.717, 1.165) is 24.2 Å². The molecule has 3 aromatic rings. The number of rotatable bonds is 7. The summed E-state index contributed by atoms with van der Waals surface area (Å²) in [7, 11) is 0. The lowest BCUT2D eigenvalue weighted by atomic mass is 9.85. The highest BCUT2D eigenvalue weighted by Gasteiger charge is 2.45. The van der Waals surface area contributed by atoms with E-state index >= 15 is 0 Å². The number of aromatic nitrogens is 6. The van der Waals surface area contributed by atoms with Gasteiger partial charge in [-0.15, -0.1) is 5.10 Å². The van der Waals surface area contributed by atoms with Gasteiger partial charge in [0.1, 0.15) is 17.8 Å². The molecule has 3 atom stereocenters. The average molecular weight is 493 g/mol. The van der Waals surface area contributed by atoms with Gasteiger partial charge in [0.25, 0.3) is 0 Å². The fraction of sp³-hybridized carbons (Fsp3) is 0.520. The number of likely N-dealkylation sites (tertiary alicyclic amines) is 1. The molecule has 2 unspecified atom stereocenters. The zero-order valence-electron chi connectivity index (χ0n) is 20.8. The van der Waals surface area contributed by atoms with Crippen LogP contribution in [-0.4, -0.2) is 70.5 Å². The van der Waals surface area contributed by atoms with Gasteiger partial charge >= 0.3 is 0 Å². The number of carbonyl (C=O) groups is 2. The third kappa shape index (κ3) is 5.01. The summed E-state index contributed by atoms with van der Waals surface area (Å²) >= 11 is 0. The number of hydrogen-bond acceptors (Lipinski definition) is 7. The Labute approximate surface area is 209 Å². The number of β-amino-alcohol motifs (C(OH)–C–C–N with tert-alkyl or cyclic N) is 1. The number of aliphatic hydroxyl groups excluding tert-OH is 1. The number of amides is 2. The molecule has 190 valence electrons. The minimum absolute atomic E-state index is 0.0951. The molecule has 0 bridgehead atoms. The molecule has 2 N–H and O–H groups in total. The van der Waals surface area contributed by atoms with Gasteiger partial charge < -0.3 is 15.3 Å². The first kappa shape index (κ1) is 24.1. The number of carbonyl (C=O) groups excluding carboxylic acids is 2. The predicted octanol–water partition coefficient (Wildman–Crippen LogP) is 1.60. The number of hydrogen-bond donors (Lipinski definition) is 2. The minimum Gasteiger partial charge on any atom is -0.391 e. The fourth-order valence-corrected chi connectivity index (χ4v) is 4.68. The summed E-state index contributed by atoms with van der Waals surface area (Å²) in [4.78, 5) is 29.9. The smallest absolute Gasteiger partial charge is 0.248 e. The molecule has 0 radical (unpaired) electrons. The van der Waals surface area contributed by atoms with Crippen molar-refractivity contribution in [2.45, 2.75) is 70.7 Å². The van der Waals surface area contributed by atoms with Crippen LogP contribution < -0.4 is 5.32 Å². The van der Waals surface area contributed by atoms with Crippen LogP contribution in [0.2, 0.25) is 0 Å². The van der Waals surface area contributed by atoms with Gasteiger partial charge in [-0.3, -0.25) is 9.59 Å². The Morgan fingerprint density at radius 2 is 1.94 bits per heavy atom. The molecule has 1 aromatic carbocycles. The summed E-state index contributed by atoms with van der Waals surface area (Å²) in [6.07, 6.45) is 5.03. The number of aliphatic hydroxyl groups is 1. The first-order chi connectivity index (χ1) is 17.2. The van der Waals surface area contributed by atoms with E-state index in [1.807, 2.05) is 57.3 Å². The van der Waals surface area contributed by atoms with E-state index in [1.165, 1.54) is 9.70 Å². The van der Waals surface area contributed by atoms with Crippen LogP contribution in [0, 0.1) is 5.41 Å². The first-order valence-corrected chi connectivity index (χ1v) is 12.4. The molecule has 2 aliphatic rings. The third-order valence-electron chi connectivity index (χ3n) is 6.68. The van der Waals surface area contributed by atoms with Gasteiger partial charge in [-0.1, -0.05) is 44.2 Å². The zero-order chi connectivity index (χ0) is 25.4. The van der Waals surface area contributed by atoms with E-state index in [1.54, 1.807) is 10.9 Å². The second kappa shape index (κ2) is 9.45. The number of nitrogens with one attached hydrogen (secondary N) is 1. The van der Waals surface area contributed by atoms with Crippen molar-refractivity contribution in [2.24, 2.45) is 5.41 Å². The second-order valence-corrected chi connectivity index (χ2v) is 10.7. The van der Waals surface area contributed by atoms with E-state index in [2.05, 4.69) is 25.8 Å². The highest BCUT2D eigenvalue weighted by Crippen LogP contribution is 2.40. The van der Waals surface area contributed by atoms with E-state index in [9.17, 15) is 14.7 Å². The Balaban J connectivity index is 1.29. The fourth-order valence-electron chi connectivity index (χ4n) is 4.68. The molecular weight excluding hydrogens is 460 g/mol. The highest BCUT2D eigenvalue weighted by atomic mass is 16.3. The lowest BCUT2D eigenvalue weighted by Gasteiger charge is -2.34. The molecule has 1 saturated carbocycles. The van der Waals surface area contributed by atoms with Crippen molar-refractivity contribution in [3.8, 4) is 5.69 Å². The van der Waals surface area contributed by atoms with Crippen molar-refractivity contribution >= 4 is 11.8 Å². The van der Waals surface area contributed by atoms with Crippen LogP contribution in [0.25, 0.3) is 5.69 Å². The molecule has 1 aliphatic heterocycles. The Kier molecular flexibility index (Phi) is 6.33. The molecule has 2 fully saturated rings. The molecule has 11 heteroatoms. The van der Waals surface area contributed by atoms with Gasteiger partial charge in [0.2, 0.25) is 11.8 Å². The summed E-state index contributed by atoms with van der Waals surface area (Å²) < 4.78 is 1.62. The SMILES string of the molecule is CC(C)(C)[C@@H](C(=O)N1CC(O)CC1C(=O)NCc1cnn(-c2ccccc2)n1)n1cc(C2CC2)nn1. The van der Waals surface area contributed by atoms with Gasteiger partial charge in [0.05, 0.1) is 30.2 Å². The van der Waals surface area contributed by atoms with Crippen LogP contribution in [0.5, 0.6) is 0 Å². The number of para-hydroxylation sites is 1. The quantitative estimate of drug-likeness (QED) is 0.512. The Morgan fingerprint density at radius 3 is 2.64 bits per heavy atom. The van der Waals surface area contributed by atoms with Gasteiger partial charge in [-0.05, 0) is 30.4 Å². The van der Waals surface area contributed by atoms with Crippen molar-refractivity contribution in [1.29, 1.82) is 0 Å². The molecule has 1 aliphatic carbocycles. The summed E-state index contributed by atoms with van der Waals surface area (Å²) in [5.41, 5.74) is 1.83. The molecule has 3 heterocycles. The van der Waals surface area contributed by atoms with Gasteiger partial charge in [0, 0.05) is 25.1 Å². The minimum atomic E-state index is -0.784. The molecule has 2 amide bonds. The maximum Gasteiger partial charge on any atom is 0.248 e. The predicted molar refractivity (Wildman–Crippen MR) is 130 cm³/mol. The van der Waals surface area contributed by atoms with E-state index in [4.69, 9.17) is 0 Å². The first-order valence-electron chi connectivity index (χ1n) is 12.4. The summed E-state index contributed by atoms with van der Waals surface area (Å²) in [5.74, 6) is -0.165. The van der Waals surface area contributed by atoms with Gasteiger partial charge in [-0.25, -0.2) is 4.68 Å². The zero-order valence-corrected chi connectivity index (χ0v) is 20.8. The van der Waals surface area contributed by atoms with E-state index in [0.29, 0.717) is 11.6 Å². The van der Waals surface area contributed by atoms with Crippen LogP contribution in [0.4, 0.5) is 0 Å². The normalized spacial score (nSPS) is 20.9. The maximum atomic E-state index is 13.8. The standard InChI is InChI=1S/C25H32N8O3/c1-25(2,3)22(32-15-20(28-30-32)16-9-10-16)24(36)31-14-19(34)11-21(31)23(35)26-12-17-13-27-33(29-17)18-7-5-4-6-8-18/h4-8,13,15-16,19,21-22,34H,9-12,14H2,1-3H3,(H,26,35)/t19?,21?,22-/m1/s1. The highest BCUT2D eigenvalue weighted by molar-refractivity contribution is 5.90. The Bertz CT molecular complexity index is 1230. The van der Waals surface area contributed by atoms with Crippen molar-refractivity contribution < 1.29 is 14.7 Å². The number of benzene rings is 1. The lowest BCUT2D eigenvalue weighted by molar-refractivity contribution is -0.144. The summed E-state index contributed by atoms with van der Waals surface area (Å²) in [6, 6.07) is 8.05. The molecule has 5 rings (SSSR count). The largest absolute Gasteiger partial charge is 0.391 e. The van der Waals surface area contributed by atoms with Crippen molar-refractivity contribution in [3.05, 3.63) is 54.1 Å². The summed E-state index contributed by atoms with van der Waals surface area (Å²) in [5, 5.41) is 30.5. The molecule has 0 spiro atoms. The lowest BCUT2D eigenvalue weighted by Crippen LogP contribution is -2.50. The molecular formula is C25H32N8O3. The van der Waals surface area contributed by atoms with Crippen molar-refractivity contribution in [1.82, 2.24) is 40.2 Å².